The molecule has 1 aromatic carbocycles. The van der Waals surface area contributed by atoms with Crippen LogP contribution in [0.1, 0.15) is 66.9 Å². The summed E-state index contributed by atoms with van der Waals surface area (Å²) in [6.45, 7) is 1.07. The van der Waals surface area contributed by atoms with Crippen molar-refractivity contribution in [1.82, 2.24) is 20.1 Å². The Balaban J connectivity index is 1.09. The second kappa shape index (κ2) is 14.0. The van der Waals surface area contributed by atoms with E-state index in [1.807, 2.05) is 0 Å². The molecule has 4 aliphatic heterocycles. The van der Waals surface area contributed by atoms with Crippen LogP contribution >= 0.6 is 0 Å². The van der Waals surface area contributed by atoms with Crippen LogP contribution in [0.3, 0.4) is 0 Å². The Hall–Kier alpha value is -4.02. The average Bonchev–Trinajstić information content (AvgIpc) is 4.05. The molecule has 53 heavy (non-hydrogen) atoms. The summed E-state index contributed by atoms with van der Waals surface area (Å²) in [6.07, 6.45) is -0.518. The lowest BCUT2D eigenvalue weighted by Crippen LogP contribution is -2.59. The van der Waals surface area contributed by atoms with Crippen molar-refractivity contribution in [1.29, 1.82) is 0 Å². The molecule has 3 atom stereocenters. The molecule has 0 bridgehead atoms. The number of likely N-dealkylation sites (tertiary alicyclic amines) is 1. The molecule has 1 spiro atoms. The molecular formula is C37H43F4N5O7. The Morgan fingerprint density at radius 3 is 2.42 bits per heavy atom. The number of alkyl halides is 3. The largest absolute Gasteiger partial charge is 0.487 e. The zero-order valence-corrected chi connectivity index (χ0v) is 29.3. The number of amides is 3. The number of pyridine rings is 1. The number of fused-ring (bicyclic) bond motifs is 1. The first kappa shape index (κ1) is 36.0. The molecule has 1 aromatic heterocycles. The molecule has 6 aliphatic rings. The molecule has 2 aliphatic carbocycles. The maximum atomic E-state index is 16.2. The number of piperidine rings is 1. The van der Waals surface area contributed by atoms with Crippen molar-refractivity contribution in [3.63, 3.8) is 0 Å². The quantitative estimate of drug-likeness (QED) is 0.343. The zero-order chi connectivity index (χ0) is 37.1. The zero-order valence-electron chi connectivity index (χ0n) is 29.3. The lowest BCUT2D eigenvalue weighted by molar-refractivity contribution is -0.238. The van der Waals surface area contributed by atoms with Crippen molar-refractivity contribution in [3.8, 4) is 11.6 Å². The second-order valence-corrected chi connectivity index (χ2v) is 15.3. The fourth-order valence-electron chi connectivity index (χ4n) is 8.48. The van der Waals surface area contributed by atoms with Crippen LogP contribution in [0.5, 0.6) is 11.6 Å². The third-order valence-corrected chi connectivity index (χ3v) is 11.8. The second-order valence-electron chi connectivity index (χ2n) is 15.3. The summed E-state index contributed by atoms with van der Waals surface area (Å²) in [4.78, 5) is 48.4. The van der Waals surface area contributed by atoms with E-state index in [2.05, 4.69) is 20.5 Å². The van der Waals surface area contributed by atoms with Crippen LogP contribution in [0.4, 0.5) is 23.2 Å². The number of benzene rings is 1. The van der Waals surface area contributed by atoms with E-state index in [0.29, 0.717) is 39.1 Å². The van der Waals surface area contributed by atoms with E-state index in [1.54, 1.807) is 0 Å². The fraction of sp³-hybridized carbons (Fsp3) is 0.622. The summed E-state index contributed by atoms with van der Waals surface area (Å²) in [5.74, 6) is -1.79. The number of morpholine rings is 1. The number of anilines is 1. The van der Waals surface area contributed by atoms with E-state index in [4.69, 9.17) is 18.9 Å². The highest BCUT2D eigenvalue weighted by atomic mass is 19.4. The molecule has 3 saturated heterocycles. The minimum Gasteiger partial charge on any atom is -0.487 e. The minimum absolute atomic E-state index is 0.146. The fourth-order valence-corrected chi connectivity index (χ4v) is 8.48. The number of ether oxygens (including phenoxy) is 4. The van der Waals surface area contributed by atoms with E-state index in [0.717, 1.165) is 36.6 Å². The summed E-state index contributed by atoms with van der Waals surface area (Å²) in [5, 5.41) is 5.65. The summed E-state index contributed by atoms with van der Waals surface area (Å²) < 4.78 is 79.8. The normalized spacial score (nSPS) is 25.3. The number of hydrogen-bond acceptors (Lipinski definition) is 9. The van der Waals surface area contributed by atoms with Crippen molar-refractivity contribution in [2.75, 3.05) is 51.9 Å². The van der Waals surface area contributed by atoms with Gasteiger partial charge in [0.05, 0.1) is 44.6 Å². The van der Waals surface area contributed by atoms with E-state index in [-0.39, 0.29) is 58.7 Å². The topological polar surface area (TPSA) is 132 Å². The van der Waals surface area contributed by atoms with Crippen molar-refractivity contribution >= 4 is 23.4 Å². The maximum absolute atomic E-state index is 16.2. The number of hydrogen-bond donors (Lipinski definition) is 2. The van der Waals surface area contributed by atoms with Gasteiger partial charge in [-0.15, -0.1) is 0 Å². The Labute approximate surface area is 303 Å². The smallest absolute Gasteiger partial charge is 0.416 e. The first-order valence-corrected chi connectivity index (χ1v) is 18.4. The van der Waals surface area contributed by atoms with Crippen molar-refractivity contribution < 1.29 is 50.9 Å². The number of halogens is 4. The highest BCUT2D eigenvalue weighted by Gasteiger charge is 2.52. The third kappa shape index (κ3) is 7.41. The number of carbonyl (C=O) groups is 3. The van der Waals surface area contributed by atoms with Crippen molar-refractivity contribution in [3.05, 3.63) is 47.4 Å². The van der Waals surface area contributed by atoms with Gasteiger partial charge in [0, 0.05) is 49.0 Å². The average molecular weight is 746 g/mol. The highest BCUT2D eigenvalue weighted by molar-refractivity contribution is 6.01. The van der Waals surface area contributed by atoms with Gasteiger partial charge in [-0.2, -0.15) is 13.2 Å². The summed E-state index contributed by atoms with van der Waals surface area (Å²) in [6, 6.07) is 3.89. The van der Waals surface area contributed by atoms with Gasteiger partial charge in [0.1, 0.15) is 29.8 Å². The molecule has 2 N–H and O–H groups in total. The van der Waals surface area contributed by atoms with E-state index in [9.17, 15) is 27.6 Å². The predicted octanol–water partition coefficient (Wildman–Crippen LogP) is 4.25. The van der Waals surface area contributed by atoms with Gasteiger partial charge in [0.2, 0.25) is 17.7 Å². The van der Waals surface area contributed by atoms with Gasteiger partial charge in [-0.25, -0.2) is 9.37 Å². The Morgan fingerprint density at radius 2 is 1.79 bits per heavy atom. The summed E-state index contributed by atoms with van der Waals surface area (Å²) >= 11 is 0. The lowest BCUT2D eigenvalue weighted by atomic mass is 9.79. The standard InChI is InChI=1S/C37H43F4N5O7/c1-50-30-12-22(6-9-42-30)34(48)44-33(32(20-2-3-20)21-4-5-21)35(49)43-26-14-28-24(13-25(26)38)27(46-16-29(37(39,40)41)52-19-31(46)47)15-36(53-28)7-10-45(11-8-36)23-17-51-18-23/h6,9,12-14,20-21,23,27,29,32-33H,2-5,7-8,10-11,15-19H2,1H3,(H,43,49)(H,44,48)/t27?,29?,33-/m0/s1. The van der Waals surface area contributed by atoms with Gasteiger partial charge in [-0.1, -0.05) is 0 Å². The molecule has 286 valence electrons. The summed E-state index contributed by atoms with van der Waals surface area (Å²) in [7, 11) is 1.43. The molecule has 2 saturated carbocycles. The van der Waals surface area contributed by atoms with Gasteiger partial charge in [0.15, 0.2) is 6.10 Å². The van der Waals surface area contributed by atoms with Crippen LogP contribution in [0, 0.1) is 23.6 Å². The van der Waals surface area contributed by atoms with E-state index >= 15 is 4.39 Å². The molecular weight excluding hydrogens is 702 g/mol. The van der Waals surface area contributed by atoms with Crippen LogP contribution in [0.2, 0.25) is 0 Å². The molecule has 0 radical (unpaired) electrons. The van der Waals surface area contributed by atoms with Gasteiger partial charge in [-0.3, -0.25) is 19.3 Å². The molecule has 8 rings (SSSR count). The van der Waals surface area contributed by atoms with Gasteiger partial charge < -0.3 is 34.5 Å². The van der Waals surface area contributed by atoms with E-state index in [1.165, 1.54) is 31.5 Å². The van der Waals surface area contributed by atoms with Crippen LogP contribution in [0.25, 0.3) is 0 Å². The first-order valence-electron chi connectivity index (χ1n) is 18.4. The predicted molar refractivity (Wildman–Crippen MR) is 180 cm³/mol. The molecule has 16 heteroatoms. The molecule has 5 fully saturated rings. The molecule has 2 aromatic rings. The Kier molecular flexibility index (Phi) is 9.50. The van der Waals surface area contributed by atoms with E-state index < -0.39 is 66.7 Å². The molecule has 2 unspecified atom stereocenters. The SMILES string of the molecule is COc1cc(C(=O)N[C@H](C(=O)Nc2cc3c(cc2F)C(N2CC(C(F)(F)F)OCC2=O)CC2(CCN(C4COC4)CC2)O3)C(C2CC2)C2CC2)ccn1. The lowest BCUT2D eigenvalue weighted by Gasteiger charge is -2.51. The Bertz CT molecular complexity index is 1730. The van der Waals surface area contributed by atoms with Crippen LogP contribution < -0.4 is 20.1 Å². The van der Waals surface area contributed by atoms with Crippen molar-refractivity contribution in [2.24, 2.45) is 17.8 Å². The van der Waals surface area contributed by atoms with Gasteiger partial charge in [0.25, 0.3) is 5.91 Å². The van der Waals surface area contributed by atoms with Gasteiger partial charge >= 0.3 is 6.18 Å². The van der Waals surface area contributed by atoms with Crippen LogP contribution in [-0.2, 0) is 19.1 Å². The van der Waals surface area contributed by atoms with Gasteiger partial charge in [-0.05, 0) is 68.4 Å². The summed E-state index contributed by atoms with van der Waals surface area (Å²) in [5.41, 5.74) is -0.561. The van der Waals surface area contributed by atoms with Crippen LogP contribution in [0.15, 0.2) is 30.5 Å². The number of rotatable bonds is 10. The number of nitrogens with one attached hydrogen (secondary N) is 2. The minimum atomic E-state index is -4.70. The monoisotopic (exact) mass is 745 g/mol. The number of carbonyl (C=O) groups excluding carboxylic acids is 3. The number of aromatic nitrogens is 1. The molecule has 12 nitrogen and oxygen atoms in total. The number of methoxy groups -OCH3 is 1. The highest BCUT2D eigenvalue weighted by Crippen LogP contribution is 2.52. The van der Waals surface area contributed by atoms with Crippen LogP contribution in [-0.4, -0.2) is 109 Å². The molecule has 3 amide bonds. The maximum Gasteiger partial charge on any atom is 0.416 e. The molecule has 5 heterocycles. The third-order valence-electron chi connectivity index (χ3n) is 11.8. The first-order chi connectivity index (χ1) is 25.4. The van der Waals surface area contributed by atoms with Crippen molar-refractivity contribution in [2.45, 2.75) is 81.0 Å². The number of nitrogens with zero attached hydrogens (tertiary/aromatic N) is 3. The Morgan fingerprint density at radius 1 is 1.08 bits per heavy atom.